The molecule has 2 aliphatic heterocycles. The van der Waals surface area contributed by atoms with Crippen molar-refractivity contribution < 1.29 is 24.0 Å². The van der Waals surface area contributed by atoms with Crippen LogP contribution in [0.5, 0.6) is 0 Å². The molecule has 0 radical (unpaired) electrons. The number of likely N-dealkylation sites (tertiary alicyclic amines) is 1. The summed E-state index contributed by atoms with van der Waals surface area (Å²) in [6, 6.07) is 5.81. The first-order chi connectivity index (χ1) is 15.2. The number of hydrogen-bond acceptors (Lipinski definition) is 7. The second kappa shape index (κ2) is 9.71. The van der Waals surface area contributed by atoms with Crippen LogP contribution in [0.25, 0.3) is 0 Å². The van der Waals surface area contributed by atoms with Crippen LogP contribution in [0.1, 0.15) is 38.2 Å². The average Bonchev–Trinajstić information content (AvgIpc) is 3.31. The van der Waals surface area contributed by atoms with Gasteiger partial charge in [0.25, 0.3) is 5.69 Å². The lowest BCUT2D eigenvalue weighted by molar-refractivity contribution is -0.384. The number of benzene rings is 1. The normalized spacial score (nSPS) is 20.6. The third kappa shape index (κ3) is 4.68. The van der Waals surface area contributed by atoms with Crippen molar-refractivity contribution in [3.63, 3.8) is 0 Å². The summed E-state index contributed by atoms with van der Waals surface area (Å²) in [5, 5.41) is 14.0. The van der Waals surface area contributed by atoms with Crippen molar-refractivity contribution in [3.8, 4) is 0 Å². The Labute approximate surface area is 185 Å². The van der Waals surface area contributed by atoms with Gasteiger partial charge in [0.05, 0.1) is 18.6 Å². The fourth-order valence-corrected chi connectivity index (χ4v) is 4.29. The number of ether oxygens (including phenoxy) is 1. The molecule has 0 aromatic heterocycles. The molecule has 3 rings (SSSR count). The number of methoxy groups -OCH3 is 1. The van der Waals surface area contributed by atoms with E-state index in [2.05, 4.69) is 10.3 Å². The number of non-ortho nitro benzene ring substituents is 1. The van der Waals surface area contributed by atoms with E-state index in [1.54, 1.807) is 24.8 Å². The molecule has 2 amide bonds. The quantitative estimate of drug-likeness (QED) is 0.407. The molecule has 1 saturated heterocycles. The number of aliphatic imine (C=N–C) groups is 1. The average molecular weight is 442 g/mol. The van der Waals surface area contributed by atoms with Gasteiger partial charge in [-0.2, -0.15) is 0 Å². The SMILES string of the molecule is COC(=O)C1C(C)=NC(C)=C(C(=O)NCC(=O)N2CCCC2)C1c1cccc([N+](=O)[O-])c1. The van der Waals surface area contributed by atoms with Gasteiger partial charge in [0, 0.05) is 48.1 Å². The van der Waals surface area contributed by atoms with Gasteiger partial charge in [-0.3, -0.25) is 29.5 Å². The largest absolute Gasteiger partial charge is 0.468 e. The number of carbonyl (C=O) groups excluding carboxylic acids is 3. The number of carbonyl (C=O) groups is 3. The second-order valence-electron chi connectivity index (χ2n) is 7.85. The number of nitro benzene ring substituents is 1. The van der Waals surface area contributed by atoms with Crippen LogP contribution >= 0.6 is 0 Å². The summed E-state index contributed by atoms with van der Waals surface area (Å²) < 4.78 is 4.95. The second-order valence-corrected chi connectivity index (χ2v) is 7.85. The first-order valence-corrected chi connectivity index (χ1v) is 10.4. The number of allylic oxidation sites excluding steroid dienone is 1. The van der Waals surface area contributed by atoms with Crippen LogP contribution in [-0.2, 0) is 19.1 Å². The number of nitrogens with one attached hydrogen (secondary N) is 1. The van der Waals surface area contributed by atoms with Gasteiger partial charge in [-0.15, -0.1) is 0 Å². The molecule has 1 aromatic rings. The molecule has 0 spiro atoms. The van der Waals surface area contributed by atoms with Crippen molar-refractivity contribution >= 4 is 29.2 Å². The number of esters is 1. The van der Waals surface area contributed by atoms with Crippen LogP contribution in [0.2, 0.25) is 0 Å². The van der Waals surface area contributed by atoms with E-state index in [9.17, 15) is 24.5 Å². The lowest BCUT2D eigenvalue weighted by Crippen LogP contribution is -2.42. The van der Waals surface area contributed by atoms with Crippen molar-refractivity contribution in [2.75, 3.05) is 26.7 Å². The Bertz CT molecular complexity index is 1010. The van der Waals surface area contributed by atoms with Crippen molar-refractivity contribution in [1.82, 2.24) is 10.2 Å². The molecule has 1 aromatic carbocycles. The van der Waals surface area contributed by atoms with Crippen molar-refractivity contribution in [3.05, 3.63) is 51.2 Å². The van der Waals surface area contributed by atoms with E-state index in [1.165, 1.54) is 25.3 Å². The van der Waals surface area contributed by atoms with E-state index in [4.69, 9.17) is 4.74 Å². The van der Waals surface area contributed by atoms with Crippen LogP contribution in [0.3, 0.4) is 0 Å². The lowest BCUT2D eigenvalue weighted by Gasteiger charge is -2.31. The first-order valence-electron chi connectivity index (χ1n) is 10.4. The standard InChI is InChI=1S/C22H26N4O6/c1-13-18(21(28)23-12-17(27)25-9-4-5-10-25)20(19(14(2)24-13)22(29)32-3)15-7-6-8-16(11-15)26(30)31/h6-8,11,19-20H,4-5,9-10,12H2,1-3H3,(H,23,28). The smallest absolute Gasteiger partial charge is 0.315 e. The van der Waals surface area contributed by atoms with Gasteiger partial charge in [-0.1, -0.05) is 12.1 Å². The highest BCUT2D eigenvalue weighted by Crippen LogP contribution is 2.40. The third-order valence-electron chi connectivity index (χ3n) is 5.83. The van der Waals surface area contributed by atoms with E-state index in [-0.39, 0.29) is 23.7 Å². The summed E-state index contributed by atoms with van der Waals surface area (Å²) in [6.07, 6.45) is 1.88. The minimum absolute atomic E-state index is 0.159. The van der Waals surface area contributed by atoms with Crippen LogP contribution in [0, 0.1) is 16.0 Å². The molecule has 1 N–H and O–H groups in total. The minimum atomic E-state index is -0.930. The Morgan fingerprint density at radius 3 is 2.56 bits per heavy atom. The molecular formula is C22H26N4O6. The Morgan fingerprint density at radius 1 is 1.25 bits per heavy atom. The van der Waals surface area contributed by atoms with Gasteiger partial charge in [-0.05, 0) is 32.3 Å². The predicted molar refractivity (Wildman–Crippen MR) is 116 cm³/mol. The number of nitro groups is 1. The highest BCUT2D eigenvalue weighted by molar-refractivity contribution is 6.08. The summed E-state index contributed by atoms with van der Waals surface area (Å²) in [7, 11) is 1.24. The van der Waals surface area contributed by atoms with E-state index in [0.717, 1.165) is 12.8 Å². The van der Waals surface area contributed by atoms with Gasteiger partial charge in [0.1, 0.15) is 5.92 Å². The van der Waals surface area contributed by atoms with Gasteiger partial charge in [-0.25, -0.2) is 0 Å². The van der Waals surface area contributed by atoms with Crippen molar-refractivity contribution in [1.29, 1.82) is 0 Å². The molecule has 170 valence electrons. The molecule has 32 heavy (non-hydrogen) atoms. The number of rotatable bonds is 6. The monoisotopic (exact) mass is 442 g/mol. The summed E-state index contributed by atoms with van der Waals surface area (Å²) in [5.41, 5.74) is 1.26. The Balaban J connectivity index is 1.97. The molecule has 1 fully saturated rings. The molecule has 0 aliphatic carbocycles. The number of amides is 2. The molecule has 0 saturated carbocycles. The molecule has 0 bridgehead atoms. The van der Waals surface area contributed by atoms with Crippen molar-refractivity contribution in [2.24, 2.45) is 10.9 Å². The van der Waals surface area contributed by atoms with Crippen LogP contribution in [-0.4, -0.2) is 60.1 Å². The summed E-state index contributed by atoms with van der Waals surface area (Å²) in [6.45, 7) is 4.45. The van der Waals surface area contributed by atoms with Crippen molar-refractivity contribution in [2.45, 2.75) is 32.6 Å². The highest BCUT2D eigenvalue weighted by atomic mass is 16.6. The Morgan fingerprint density at radius 2 is 1.94 bits per heavy atom. The zero-order chi connectivity index (χ0) is 23.4. The maximum absolute atomic E-state index is 13.2. The molecule has 2 heterocycles. The lowest BCUT2D eigenvalue weighted by atomic mass is 9.75. The van der Waals surface area contributed by atoms with Gasteiger partial charge < -0.3 is 15.0 Å². The first kappa shape index (κ1) is 23.1. The summed E-state index contributed by atoms with van der Waals surface area (Å²) >= 11 is 0. The van der Waals surface area contributed by atoms with Gasteiger partial charge in [0.2, 0.25) is 11.8 Å². The fraction of sp³-hybridized carbons (Fsp3) is 0.455. The van der Waals surface area contributed by atoms with E-state index in [1.807, 2.05) is 0 Å². The summed E-state index contributed by atoms with van der Waals surface area (Å²) in [5.74, 6) is -3.10. The maximum atomic E-state index is 13.2. The molecule has 2 unspecified atom stereocenters. The van der Waals surface area contributed by atoms with E-state index in [0.29, 0.717) is 30.1 Å². The molecule has 10 nitrogen and oxygen atoms in total. The molecule has 2 aliphatic rings. The van der Waals surface area contributed by atoms with E-state index >= 15 is 0 Å². The topological polar surface area (TPSA) is 131 Å². The van der Waals surface area contributed by atoms with Crippen LogP contribution in [0.15, 0.2) is 40.5 Å². The number of hydrogen-bond donors (Lipinski definition) is 1. The van der Waals surface area contributed by atoms with Crippen LogP contribution in [0.4, 0.5) is 5.69 Å². The zero-order valence-electron chi connectivity index (χ0n) is 18.3. The highest BCUT2D eigenvalue weighted by Gasteiger charge is 2.42. The molecular weight excluding hydrogens is 416 g/mol. The number of nitrogens with zero attached hydrogens (tertiary/aromatic N) is 3. The summed E-state index contributed by atoms with van der Waals surface area (Å²) in [4.78, 5) is 55.1. The Kier molecular flexibility index (Phi) is 7.01. The molecule has 10 heteroatoms. The fourth-order valence-electron chi connectivity index (χ4n) is 4.29. The van der Waals surface area contributed by atoms with E-state index < -0.39 is 28.6 Å². The van der Waals surface area contributed by atoms with Gasteiger partial charge >= 0.3 is 5.97 Å². The maximum Gasteiger partial charge on any atom is 0.315 e. The molecule has 2 atom stereocenters. The Hall–Kier alpha value is -3.56. The van der Waals surface area contributed by atoms with Crippen LogP contribution < -0.4 is 5.32 Å². The third-order valence-corrected chi connectivity index (χ3v) is 5.83. The predicted octanol–water partition coefficient (Wildman–Crippen LogP) is 1.95. The zero-order valence-corrected chi connectivity index (χ0v) is 18.3. The minimum Gasteiger partial charge on any atom is -0.468 e. The van der Waals surface area contributed by atoms with Gasteiger partial charge in [0.15, 0.2) is 0 Å².